The van der Waals surface area contributed by atoms with Crippen LogP contribution >= 0.6 is 22.9 Å². The monoisotopic (exact) mass is 499 g/mol. The topological polar surface area (TPSA) is 114 Å². The lowest BCUT2D eigenvalue weighted by Gasteiger charge is -2.31. The molecule has 2 aromatic rings. The van der Waals surface area contributed by atoms with Crippen LogP contribution in [0.3, 0.4) is 0 Å². The van der Waals surface area contributed by atoms with Gasteiger partial charge in [0.1, 0.15) is 17.4 Å². The van der Waals surface area contributed by atoms with E-state index in [1.807, 2.05) is 0 Å². The van der Waals surface area contributed by atoms with Crippen LogP contribution in [0.2, 0.25) is 5.02 Å². The van der Waals surface area contributed by atoms with E-state index < -0.39 is 33.9 Å². The molecule has 1 N–H and O–H groups in total. The van der Waals surface area contributed by atoms with Gasteiger partial charge in [0, 0.05) is 35.3 Å². The maximum atomic E-state index is 13.7. The zero-order chi connectivity index (χ0) is 23.0. The molecule has 13 heteroatoms. The molecule has 9 nitrogen and oxygen atoms in total. The van der Waals surface area contributed by atoms with Crippen LogP contribution in [0.15, 0.2) is 40.0 Å². The number of nitrogens with one attached hydrogen (secondary N) is 1. The number of benzene rings is 1. The Morgan fingerprint density at radius 1 is 1.44 bits per heavy atom. The van der Waals surface area contributed by atoms with Crippen molar-refractivity contribution in [3.05, 3.63) is 56.4 Å². The third-order valence-electron chi connectivity index (χ3n) is 4.94. The van der Waals surface area contributed by atoms with Crippen LogP contribution in [-0.4, -0.2) is 60.8 Å². The maximum absolute atomic E-state index is 13.7. The minimum Gasteiger partial charge on any atom is -0.463 e. The summed E-state index contributed by atoms with van der Waals surface area (Å²) in [4.78, 5) is 19.5. The Morgan fingerprint density at radius 2 is 2.22 bits per heavy atom. The molecule has 2 aliphatic rings. The Labute approximate surface area is 193 Å². The number of hydrogen-bond donors (Lipinski definition) is 1. The number of carbonyl (C=O) groups excluding carboxylic acids is 1. The van der Waals surface area contributed by atoms with Crippen LogP contribution in [0.4, 0.5) is 4.39 Å². The minimum atomic E-state index is -3.49. The summed E-state index contributed by atoms with van der Waals surface area (Å²) >= 11 is 7.58. The van der Waals surface area contributed by atoms with Gasteiger partial charge < -0.3 is 9.64 Å². The Hall–Kier alpha value is -2.41. The molecular weight excluding hydrogens is 481 g/mol. The van der Waals surface area contributed by atoms with Crippen molar-refractivity contribution >= 4 is 44.8 Å². The molecule has 0 bridgehead atoms. The van der Waals surface area contributed by atoms with Gasteiger partial charge in [-0.15, -0.1) is 10.2 Å². The van der Waals surface area contributed by atoms with E-state index in [2.05, 4.69) is 14.9 Å². The molecule has 32 heavy (non-hydrogen) atoms. The number of amidine groups is 1. The van der Waals surface area contributed by atoms with Gasteiger partial charge in [-0.25, -0.2) is 22.3 Å². The molecule has 170 valence electrons. The highest BCUT2D eigenvalue weighted by molar-refractivity contribution is 7.88. The second kappa shape index (κ2) is 8.85. The van der Waals surface area contributed by atoms with Gasteiger partial charge in [-0.1, -0.05) is 29.0 Å². The lowest BCUT2D eigenvalue weighted by Crippen LogP contribution is -2.39. The summed E-state index contributed by atoms with van der Waals surface area (Å²) < 4.78 is 45.3. The smallest absolute Gasteiger partial charge is 0.338 e. The van der Waals surface area contributed by atoms with Gasteiger partial charge in [0.25, 0.3) is 0 Å². The molecule has 2 aliphatic heterocycles. The summed E-state index contributed by atoms with van der Waals surface area (Å²) in [5.41, 5.74) is 2.75. The Kier molecular flexibility index (Phi) is 6.30. The molecule has 3 heterocycles. The van der Waals surface area contributed by atoms with Crippen LogP contribution in [-0.2, 0) is 19.6 Å². The van der Waals surface area contributed by atoms with Gasteiger partial charge in [0.2, 0.25) is 10.0 Å². The third kappa shape index (κ3) is 4.53. The first kappa shape index (κ1) is 22.8. The lowest BCUT2D eigenvalue weighted by molar-refractivity contribution is -0.139. The van der Waals surface area contributed by atoms with Crippen LogP contribution in [0, 0.1) is 5.82 Å². The van der Waals surface area contributed by atoms with Gasteiger partial charge >= 0.3 is 5.97 Å². The Balaban J connectivity index is 1.89. The highest BCUT2D eigenvalue weighted by Crippen LogP contribution is 2.42. The SMILES string of the molecule is CCOC(=O)C1=C2CC(NS(C)(=O)=O)CN2C(c2nncs2)=N[C@H]1c1ccc(F)cc1Cl. The molecule has 0 saturated carbocycles. The largest absolute Gasteiger partial charge is 0.463 e. The second-order valence-corrected chi connectivity index (χ2v) is 10.3. The maximum Gasteiger partial charge on any atom is 0.338 e. The average molecular weight is 500 g/mol. The van der Waals surface area contributed by atoms with E-state index in [-0.39, 0.29) is 30.2 Å². The fraction of sp³-hybridized carbons (Fsp3) is 0.368. The Morgan fingerprint density at radius 3 is 2.84 bits per heavy atom. The summed E-state index contributed by atoms with van der Waals surface area (Å²) in [6.07, 6.45) is 1.31. The van der Waals surface area contributed by atoms with Gasteiger partial charge in [0.05, 0.1) is 18.4 Å². The molecule has 1 aromatic carbocycles. The standard InChI is InChI=1S/C19H19ClFN5O4S2/c1-3-30-19(27)15-14-7-11(25-32(2,28)29)8-26(14)17(18-24-22-9-31-18)23-16(15)12-5-4-10(21)6-13(12)20/h4-6,9,11,16,25H,3,7-8H2,1-2H3/t11?,16-/m0/s1. The van der Waals surface area contributed by atoms with Crippen LogP contribution < -0.4 is 4.72 Å². The Bertz CT molecular complexity index is 1220. The van der Waals surface area contributed by atoms with E-state index in [4.69, 9.17) is 21.3 Å². The van der Waals surface area contributed by atoms with Crippen molar-refractivity contribution in [1.82, 2.24) is 19.8 Å². The van der Waals surface area contributed by atoms with E-state index in [1.54, 1.807) is 17.3 Å². The van der Waals surface area contributed by atoms with Crippen molar-refractivity contribution < 1.29 is 22.3 Å². The van der Waals surface area contributed by atoms with Crippen molar-refractivity contribution in [2.24, 2.45) is 4.99 Å². The number of nitrogens with zero attached hydrogens (tertiary/aromatic N) is 4. The molecule has 4 rings (SSSR count). The number of aromatic nitrogens is 2. The van der Waals surface area contributed by atoms with E-state index in [1.165, 1.54) is 23.5 Å². The van der Waals surface area contributed by atoms with Crippen molar-refractivity contribution in [3.8, 4) is 0 Å². The number of halogens is 2. The van der Waals surface area contributed by atoms with Crippen LogP contribution in [0.25, 0.3) is 0 Å². The normalized spacial score (nSPS) is 20.9. The van der Waals surface area contributed by atoms with Crippen LogP contribution in [0.5, 0.6) is 0 Å². The van der Waals surface area contributed by atoms with Crippen molar-refractivity contribution in [3.63, 3.8) is 0 Å². The second-order valence-electron chi connectivity index (χ2n) is 7.25. The number of aliphatic imine (C=N–C) groups is 1. The summed E-state index contributed by atoms with van der Waals surface area (Å²) in [6, 6.07) is 2.48. The predicted molar refractivity (Wildman–Crippen MR) is 117 cm³/mol. The van der Waals surface area contributed by atoms with E-state index >= 15 is 0 Å². The van der Waals surface area contributed by atoms with Crippen LogP contribution in [0.1, 0.15) is 30.0 Å². The third-order valence-corrected chi connectivity index (χ3v) is 6.72. The predicted octanol–water partition coefficient (Wildman–Crippen LogP) is 2.27. The first-order valence-corrected chi connectivity index (χ1v) is 12.8. The van der Waals surface area contributed by atoms with Gasteiger partial charge in [-0.2, -0.15) is 0 Å². The summed E-state index contributed by atoms with van der Waals surface area (Å²) in [5, 5.41) is 8.56. The molecule has 2 atom stereocenters. The molecule has 1 unspecified atom stereocenters. The van der Waals surface area contributed by atoms with E-state index in [0.29, 0.717) is 22.1 Å². The number of ether oxygens (including phenoxy) is 1. The fourth-order valence-corrected chi connectivity index (χ4v) is 5.42. The molecule has 0 spiro atoms. The quantitative estimate of drug-likeness (QED) is 0.606. The highest BCUT2D eigenvalue weighted by atomic mass is 35.5. The molecule has 1 saturated heterocycles. The molecular formula is C19H19ClFN5O4S2. The molecule has 0 aliphatic carbocycles. The molecule has 0 radical (unpaired) electrons. The first-order valence-electron chi connectivity index (χ1n) is 9.62. The van der Waals surface area contributed by atoms with Crippen molar-refractivity contribution in [1.29, 1.82) is 0 Å². The number of carbonyl (C=O) groups is 1. The lowest BCUT2D eigenvalue weighted by atomic mass is 9.94. The highest BCUT2D eigenvalue weighted by Gasteiger charge is 2.43. The van der Waals surface area contributed by atoms with Gasteiger partial charge in [0.15, 0.2) is 10.8 Å². The van der Waals surface area contributed by atoms with E-state index in [0.717, 1.165) is 12.3 Å². The number of fused-ring (bicyclic) bond motifs is 1. The van der Waals surface area contributed by atoms with Gasteiger partial charge in [-0.05, 0) is 19.1 Å². The van der Waals surface area contributed by atoms with Gasteiger partial charge in [-0.3, -0.25) is 4.99 Å². The number of hydrogen-bond acceptors (Lipinski definition) is 9. The summed E-state index contributed by atoms with van der Waals surface area (Å²) in [7, 11) is -3.49. The summed E-state index contributed by atoms with van der Waals surface area (Å²) in [6.45, 7) is 2.06. The van der Waals surface area contributed by atoms with Crippen molar-refractivity contribution in [2.75, 3.05) is 19.4 Å². The number of esters is 1. The number of rotatable bonds is 6. The summed E-state index contributed by atoms with van der Waals surface area (Å²) in [5.74, 6) is -0.690. The average Bonchev–Trinajstić information content (AvgIpc) is 3.35. The first-order chi connectivity index (χ1) is 15.2. The van der Waals surface area contributed by atoms with Crippen molar-refractivity contribution in [2.45, 2.75) is 25.4 Å². The zero-order valence-electron chi connectivity index (χ0n) is 17.1. The number of sulfonamides is 1. The zero-order valence-corrected chi connectivity index (χ0v) is 19.5. The molecule has 1 aromatic heterocycles. The minimum absolute atomic E-state index is 0.107. The molecule has 0 amide bonds. The fourth-order valence-electron chi connectivity index (χ4n) is 3.83. The molecule has 1 fully saturated rings. The van der Waals surface area contributed by atoms with E-state index in [9.17, 15) is 17.6 Å².